The highest BCUT2D eigenvalue weighted by molar-refractivity contribution is 5.96. The maximum atomic E-state index is 12.8. The van der Waals surface area contributed by atoms with Gasteiger partial charge in [0.1, 0.15) is 11.4 Å². The number of nitrogens with one attached hydrogen (secondary N) is 1. The van der Waals surface area contributed by atoms with E-state index in [-0.39, 0.29) is 18.1 Å². The van der Waals surface area contributed by atoms with Crippen LogP contribution in [0.15, 0.2) is 59.0 Å². The van der Waals surface area contributed by atoms with Crippen molar-refractivity contribution in [1.29, 1.82) is 0 Å². The molecule has 22 heavy (non-hydrogen) atoms. The Morgan fingerprint density at radius 1 is 1.18 bits per heavy atom. The van der Waals surface area contributed by atoms with Crippen molar-refractivity contribution < 1.29 is 18.7 Å². The zero-order valence-corrected chi connectivity index (χ0v) is 11.6. The maximum absolute atomic E-state index is 12.8. The first-order chi connectivity index (χ1) is 10.6. The topological polar surface area (TPSA) is 62.5 Å². The zero-order valence-electron chi connectivity index (χ0n) is 11.6. The second-order valence-corrected chi connectivity index (χ2v) is 4.93. The number of hydrogen-bond donors (Lipinski definition) is 2. The number of hydrogen-bond acceptors (Lipinski definition) is 3. The normalized spacial score (nSPS) is 12.3. The summed E-state index contributed by atoms with van der Waals surface area (Å²) < 4.78 is 18.3. The van der Waals surface area contributed by atoms with Gasteiger partial charge >= 0.3 is 0 Å². The van der Waals surface area contributed by atoms with Gasteiger partial charge < -0.3 is 14.8 Å². The molecule has 3 aromatic rings. The molecule has 112 valence electrons. The Kier molecular flexibility index (Phi) is 3.89. The molecule has 0 spiro atoms. The molecule has 1 atom stereocenters. The summed E-state index contributed by atoms with van der Waals surface area (Å²) in [5.41, 5.74) is 1.16. The lowest BCUT2D eigenvalue weighted by molar-refractivity contribution is 0.0891. The van der Waals surface area contributed by atoms with E-state index < -0.39 is 12.0 Å². The number of fused-ring (bicyclic) bond motifs is 1. The monoisotopic (exact) mass is 299 g/mol. The van der Waals surface area contributed by atoms with Crippen LogP contribution in [0.25, 0.3) is 11.0 Å². The van der Waals surface area contributed by atoms with Gasteiger partial charge in [0.2, 0.25) is 0 Å². The molecule has 5 heteroatoms. The van der Waals surface area contributed by atoms with Gasteiger partial charge in [0.05, 0.1) is 6.10 Å². The fraction of sp³-hybridized carbons (Fsp3) is 0.118. The predicted molar refractivity (Wildman–Crippen MR) is 79.9 cm³/mol. The molecular weight excluding hydrogens is 285 g/mol. The highest BCUT2D eigenvalue weighted by Gasteiger charge is 2.14. The molecule has 0 bridgehead atoms. The summed E-state index contributed by atoms with van der Waals surface area (Å²) in [5.74, 6) is -0.591. The molecule has 1 aromatic heterocycles. The smallest absolute Gasteiger partial charge is 0.287 e. The average Bonchev–Trinajstić information content (AvgIpc) is 2.97. The van der Waals surface area contributed by atoms with Crippen molar-refractivity contribution in [2.45, 2.75) is 6.10 Å². The number of aliphatic hydroxyl groups excluding tert-OH is 1. The van der Waals surface area contributed by atoms with E-state index in [4.69, 9.17) is 4.42 Å². The number of para-hydroxylation sites is 1. The number of amides is 1. The summed E-state index contributed by atoms with van der Waals surface area (Å²) in [7, 11) is 0. The van der Waals surface area contributed by atoms with Crippen LogP contribution in [0.5, 0.6) is 0 Å². The number of aliphatic hydroxyl groups is 1. The van der Waals surface area contributed by atoms with Crippen molar-refractivity contribution in [3.8, 4) is 0 Å². The molecule has 1 amide bonds. The molecule has 0 fully saturated rings. The Morgan fingerprint density at radius 3 is 2.64 bits per heavy atom. The Hall–Kier alpha value is -2.66. The van der Waals surface area contributed by atoms with Crippen LogP contribution in [0.3, 0.4) is 0 Å². The van der Waals surface area contributed by atoms with E-state index in [0.29, 0.717) is 11.1 Å². The zero-order chi connectivity index (χ0) is 15.5. The van der Waals surface area contributed by atoms with Gasteiger partial charge in [-0.15, -0.1) is 0 Å². The molecule has 0 aliphatic rings. The van der Waals surface area contributed by atoms with Crippen molar-refractivity contribution in [2.75, 3.05) is 6.54 Å². The number of halogens is 1. The lowest BCUT2D eigenvalue weighted by Crippen LogP contribution is -2.28. The van der Waals surface area contributed by atoms with E-state index >= 15 is 0 Å². The Labute approximate surface area is 126 Å². The van der Waals surface area contributed by atoms with Gasteiger partial charge in [-0.2, -0.15) is 0 Å². The third kappa shape index (κ3) is 2.99. The molecule has 3 rings (SSSR count). The van der Waals surface area contributed by atoms with Crippen molar-refractivity contribution >= 4 is 16.9 Å². The van der Waals surface area contributed by atoms with Crippen LogP contribution >= 0.6 is 0 Å². The van der Waals surface area contributed by atoms with Crippen LogP contribution in [0.2, 0.25) is 0 Å². The molecule has 0 aliphatic heterocycles. The minimum Gasteiger partial charge on any atom is -0.451 e. The van der Waals surface area contributed by atoms with Crippen molar-refractivity contribution in [2.24, 2.45) is 0 Å². The SMILES string of the molecule is O=C(NCC(O)c1ccc(F)cc1)c1cc2ccccc2o1. The first-order valence-corrected chi connectivity index (χ1v) is 6.84. The van der Waals surface area contributed by atoms with Gasteiger partial charge in [0.25, 0.3) is 5.91 Å². The predicted octanol–water partition coefficient (Wildman–Crippen LogP) is 3.04. The molecule has 0 aliphatic carbocycles. The minimum atomic E-state index is -0.908. The van der Waals surface area contributed by atoms with Crippen LogP contribution < -0.4 is 5.32 Å². The quantitative estimate of drug-likeness (QED) is 0.778. The number of rotatable bonds is 4. The molecule has 2 aromatic carbocycles. The second kappa shape index (κ2) is 5.99. The Balaban J connectivity index is 1.65. The van der Waals surface area contributed by atoms with E-state index in [0.717, 1.165) is 5.39 Å². The van der Waals surface area contributed by atoms with Crippen LogP contribution in [-0.2, 0) is 0 Å². The lowest BCUT2D eigenvalue weighted by Gasteiger charge is -2.11. The highest BCUT2D eigenvalue weighted by atomic mass is 19.1. The molecule has 1 heterocycles. The van der Waals surface area contributed by atoms with E-state index in [1.807, 2.05) is 18.2 Å². The fourth-order valence-corrected chi connectivity index (χ4v) is 2.17. The van der Waals surface area contributed by atoms with E-state index in [1.54, 1.807) is 12.1 Å². The second-order valence-electron chi connectivity index (χ2n) is 4.93. The van der Waals surface area contributed by atoms with Gasteiger partial charge in [-0.25, -0.2) is 4.39 Å². The summed E-state index contributed by atoms with van der Waals surface area (Å²) >= 11 is 0. The van der Waals surface area contributed by atoms with Crippen LogP contribution in [0.4, 0.5) is 4.39 Å². The third-order valence-electron chi connectivity index (χ3n) is 3.36. The van der Waals surface area contributed by atoms with Crippen LogP contribution in [-0.4, -0.2) is 17.6 Å². The van der Waals surface area contributed by atoms with Gasteiger partial charge in [0, 0.05) is 11.9 Å². The molecule has 1 unspecified atom stereocenters. The van der Waals surface area contributed by atoms with Crippen LogP contribution in [0, 0.1) is 5.82 Å². The third-order valence-corrected chi connectivity index (χ3v) is 3.36. The first-order valence-electron chi connectivity index (χ1n) is 6.84. The van der Waals surface area contributed by atoms with E-state index in [2.05, 4.69) is 5.32 Å². The molecule has 0 saturated heterocycles. The van der Waals surface area contributed by atoms with E-state index in [9.17, 15) is 14.3 Å². The number of carbonyl (C=O) groups excluding carboxylic acids is 1. The maximum Gasteiger partial charge on any atom is 0.287 e. The lowest BCUT2D eigenvalue weighted by atomic mass is 10.1. The average molecular weight is 299 g/mol. The molecule has 0 saturated carbocycles. The number of carbonyl (C=O) groups is 1. The fourth-order valence-electron chi connectivity index (χ4n) is 2.17. The summed E-state index contributed by atoms with van der Waals surface area (Å²) in [4.78, 5) is 12.0. The van der Waals surface area contributed by atoms with Crippen LogP contribution in [0.1, 0.15) is 22.2 Å². The van der Waals surface area contributed by atoms with E-state index in [1.165, 1.54) is 24.3 Å². The van der Waals surface area contributed by atoms with Gasteiger partial charge in [-0.3, -0.25) is 4.79 Å². The molecule has 0 radical (unpaired) electrons. The first kappa shape index (κ1) is 14.3. The van der Waals surface area contributed by atoms with Gasteiger partial charge in [-0.1, -0.05) is 30.3 Å². The molecular formula is C17H14FNO3. The summed E-state index contributed by atoms with van der Waals surface area (Å²) in [6.45, 7) is 0.0154. The van der Waals surface area contributed by atoms with Gasteiger partial charge in [0.15, 0.2) is 5.76 Å². The largest absolute Gasteiger partial charge is 0.451 e. The summed E-state index contributed by atoms with van der Waals surface area (Å²) in [5, 5.41) is 13.4. The minimum absolute atomic E-state index is 0.0154. The number of furan rings is 1. The Morgan fingerprint density at radius 2 is 1.91 bits per heavy atom. The Bertz CT molecular complexity index is 762. The highest BCUT2D eigenvalue weighted by Crippen LogP contribution is 2.19. The standard InChI is InChI=1S/C17H14FNO3/c18-13-7-5-11(6-8-13)14(20)10-19-17(21)16-9-12-3-1-2-4-15(12)22-16/h1-9,14,20H,10H2,(H,19,21). The molecule has 2 N–H and O–H groups in total. The van der Waals surface area contributed by atoms with Crippen molar-refractivity contribution in [3.63, 3.8) is 0 Å². The van der Waals surface area contributed by atoms with Crippen molar-refractivity contribution in [1.82, 2.24) is 5.32 Å². The molecule has 4 nitrogen and oxygen atoms in total. The van der Waals surface area contributed by atoms with Gasteiger partial charge in [-0.05, 0) is 29.8 Å². The summed E-state index contributed by atoms with van der Waals surface area (Å²) in [6.07, 6.45) is -0.908. The van der Waals surface area contributed by atoms with Crippen molar-refractivity contribution in [3.05, 3.63) is 71.7 Å². The number of benzene rings is 2. The summed E-state index contributed by atoms with van der Waals surface area (Å²) in [6, 6.07) is 14.4.